The Hall–Kier alpha value is -3.67. The SMILES string of the molecule is CC(C)(C)c1cc(NC(=O)c2csc3c2CCN(C(=O)c2cnc4ccccn24)C3)n(CC(F)(F)F)n1. The van der Waals surface area contributed by atoms with Crippen molar-refractivity contribution in [2.45, 2.75) is 51.9 Å². The summed E-state index contributed by atoms with van der Waals surface area (Å²) in [6, 6.07) is 6.98. The lowest BCUT2D eigenvalue weighted by atomic mass is 9.92. The van der Waals surface area contributed by atoms with Gasteiger partial charge >= 0.3 is 6.18 Å². The van der Waals surface area contributed by atoms with Gasteiger partial charge in [0, 0.05) is 34.5 Å². The maximum absolute atomic E-state index is 13.2. The van der Waals surface area contributed by atoms with E-state index in [1.165, 1.54) is 17.4 Å². The van der Waals surface area contributed by atoms with Gasteiger partial charge in [-0.15, -0.1) is 11.3 Å². The molecule has 5 rings (SSSR count). The van der Waals surface area contributed by atoms with Crippen LogP contribution in [0.1, 0.15) is 57.8 Å². The molecule has 4 aromatic rings. The monoisotopic (exact) mass is 530 g/mol. The number of nitrogens with zero attached hydrogens (tertiary/aromatic N) is 5. The highest BCUT2D eigenvalue weighted by molar-refractivity contribution is 7.10. The van der Waals surface area contributed by atoms with Crippen molar-refractivity contribution in [3.8, 4) is 0 Å². The molecule has 4 aromatic heterocycles. The first-order valence-corrected chi connectivity index (χ1v) is 12.6. The molecule has 194 valence electrons. The second kappa shape index (κ2) is 9.02. The van der Waals surface area contributed by atoms with Gasteiger partial charge in [-0.1, -0.05) is 26.8 Å². The van der Waals surface area contributed by atoms with Gasteiger partial charge in [0.1, 0.15) is 23.7 Å². The van der Waals surface area contributed by atoms with Gasteiger partial charge in [0.2, 0.25) is 0 Å². The van der Waals surface area contributed by atoms with E-state index in [1.807, 2.05) is 39.0 Å². The van der Waals surface area contributed by atoms with Crippen LogP contribution >= 0.6 is 11.3 Å². The molecular formula is C25H25F3N6O2S. The molecule has 0 saturated carbocycles. The summed E-state index contributed by atoms with van der Waals surface area (Å²) < 4.78 is 42.0. The van der Waals surface area contributed by atoms with E-state index in [4.69, 9.17) is 0 Å². The van der Waals surface area contributed by atoms with Crippen molar-refractivity contribution in [2.24, 2.45) is 0 Å². The smallest absolute Gasteiger partial charge is 0.332 e. The summed E-state index contributed by atoms with van der Waals surface area (Å²) in [7, 11) is 0. The van der Waals surface area contributed by atoms with Crippen LogP contribution in [0.15, 0.2) is 42.0 Å². The molecule has 0 radical (unpaired) electrons. The summed E-state index contributed by atoms with van der Waals surface area (Å²) in [5.41, 5.74) is 2.30. The molecule has 0 unspecified atom stereocenters. The predicted molar refractivity (Wildman–Crippen MR) is 133 cm³/mol. The molecular weight excluding hydrogens is 505 g/mol. The Labute approximate surface area is 214 Å². The number of rotatable bonds is 4. The molecule has 0 aromatic carbocycles. The van der Waals surface area contributed by atoms with Gasteiger partial charge in [-0.2, -0.15) is 18.3 Å². The van der Waals surface area contributed by atoms with Crippen molar-refractivity contribution in [2.75, 3.05) is 11.9 Å². The molecule has 0 aliphatic carbocycles. The number of fused-ring (bicyclic) bond motifs is 2. The first-order valence-electron chi connectivity index (χ1n) is 11.7. The van der Waals surface area contributed by atoms with Gasteiger partial charge in [-0.05, 0) is 24.1 Å². The van der Waals surface area contributed by atoms with Gasteiger partial charge < -0.3 is 10.2 Å². The summed E-state index contributed by atoms with van der Waals surface area (Å²) in [6.45, 7) is 4.96. The van der Waals surface area contributed by atoms with Gasteiger partial charge in [-0.3, -0.25) is 14.0 Å². The molecule has 5 heterocycles. The summed E-state index contributed by atoms with van der Waals surface area (Å²) in [4.78, 5) is 33.2. The lowest BCUT2D eigenvalue weighted by molar-refractivity contribution is -0.142. The number of halogens is 3. The minimum absolute atomic E-state index is 0.00701. The number of amides is 2. The third-order valence-electron chi connectivity index (χ3n) is 6.23. The molecule has 1 aliphatic heterocycles. The lowest BCUT2D eigenvalue weighted by Crippen LogP contribution is -2.36. The van der Waals surface area contributed by atoms with Gasteiger partial charge in [0.15, 0.2) is 0 Å². The summed E-state index contributed by atoms with van der Waals surface area (Å²) in [6.07, 6.45) is -0.693. The van der Waals surface area contributed by atoms with Crippen LogP contribution in [0.4, 0.5) is 19.0 Å². The first kappa shape index (κ1) is 25.0. The first-order chi connectivity index (χ1) is 17.4. The van der Waals surface area contributed by atoms with E-state index in [0.29, 0.717) is 42.1 Å². The number of pyridine rings is 1. The largest absolute Gasteiger partial charge is 0.408 e. The number of alkyl halides is 3. The lowest BCUT2D eigenvalue weighted by Gasteiger charge is -2.27. The van der Waals surface area contributed by atoms with Crippen molar-refractivity contribution in [3.05, 3.63) is 69.4 Å². The average Bonchev–Trinajstić information content (AvgIpc) is 3.54. The fourth-order valence-electron chi connectivity index (χ4n) is 4.30. The summed E-state index contributed by atoms with van der Waals surface area (Å²) in [5.74, 6) is -0.662. The molecule has 0 fully saturated rings. The van der Waals surface area contributed by atoms with Gasteiger partial charge in [-0.25, -0.2) is 9.67 Å². The molecule has 1 N–H and O–H groups in total. The molecule has 0 saturated heterocycles. The fourth-order valence-corrected chi connectivity index (χ4v) is 5.40. The Morgan fingerprint density at radius 3 is 2.70 bits per heavy atom. The van der Waals surface area contributed by atoms with Gasteiger partial charge in [0.05, 0.1) is 24.0 Å². The Morgan fingerprint density at radius 2 is 1.97 bits per heavy atom. The minimum Gasteiger partial charge on any atom is -0.332 e. The number of hydrogen-bond acceptors (Lipinski definition) is 5. The standard InChI is InChI=1S/C25H25F3N6O2S/c1-24(2,3)19-10-21(34(31-19)14-25(26,27)28)30-22(35)16-13-37-18-12-32(9-7-15(16)18)23(36)17-11-29-20-6-4-5-8-33(17)20/h4-6,8,10-11,13H,7,9,12,14H2,1-3H3,(H,30,35). The van der Waals surface area contributed by atoms with E-state index >= 15 is 0 Å². The van der Waals surface area contributed by atoms with Crippen LogP contribution < -0.4 is 5.32 Å². The van der Waals surface area contributed by atoms with E-state index < -0.39 is 24.0 Å². The number of thiophene rings is 1. The summed E-state index contributed by atoms with van der Waals surface area (Å²) >= 11 is 1.36. The Bertz CT molecular complexity index is 1490. The van der Waals surface area contributed by atoms with Crippen molar-refractivity contribution >= 4 is 34.6 Å². The van der Waals surface area contributed by atoms with Crippen molar-refractivity contribution in [1.82, 2.24) is 24.1 Å². The third-order valence-corrected chi connectivity index (χ3v) is 7.25. The highest BCUT2D eigenvalue weighted by atomic mass is 32.1. The fraction of sp³-hybridized carbons (Fsp3) is 0.360. The van der Waals surface area contributed by atoms with E-state index in [2.05, 4.69) is 15.4 Å². The minimum atomic E-state index is -4.49. The Balaban J connectivity index is 1.35. The van der Waals surface area contributed by atoms with E-state index in [9.17, 15) is 22.8 Å². The Morgan fingerprint density at radius 1 is 1.19 bits per heavy atom. The number of carbonyl (C=O) groups is 2. The molecule has 0 atom stereocenters. The Kier molecular flexibility index (Phi) is 6.09. The molecule has 1 aliphatic rings. The topological polar surface area (TPSA) is 84.5 Å². The number of nitrogens with one attached hydrogen (secondary N) is 1. The van der Waals surface area contributed by atoms with Gasteiger partial charge in [0.25, 0.3) is 11.8 Å². The maximum atomic E-state index is 13.2. The normalized spacial score (nSPS) is 14.2. The molecule has 0 bridgehead atoms. The van der Waals surface area contributed by atoms with E-state index in [0.717, 1.165) is 15.1 Å². The molecule has 0 spiro atoms. The van der Waals surface area contributed by atoms with Crippen molar-refractivity contribution in [1.29, 1.82) is 0 Å². The number of carbonyl (C=O) groups excluding carboxylic acids is 2. The van der Waals surface area contributed by atoms with E-state index in [-0.39, 0.29) is 11.7 Å². The highest BCUT2D eigenvalue weighted by Crippen LogP contribution is 2.31. The maximum Gasteiger partial charge on any atom is 0.408 e. The second-order valence-electron chi connectivity index (χ2n) is 9.99. The zero-order valence-electron chi connectivity index (χ0n) is 20.5. The molecule has 37 heavy (non-hydrogen) atoms. The van der Waals surface area contributed by atoms with Crippen molar-refractivity contribution < 1.29 is 22.8 Å². The third kappa shape index (κ3) is 4.97. The zero-order chi connectivity index (χ0) is 26.5. The number of imidazole rings is 1. The predicted octanol–water partition coefficient (Wildman–Crippen LogP) is 4.90. The highest BCUT2D eigenvalue weighted by Gasteiger charge is 2.33. The number of hydrogen-bond donors (Lipinski definition) is 1. The van der Waals surface area contributed by atoms with Crippen LogP contribution in [0.2, 0.25) is 0 Å². The van der Waals surface area contributed by atoms with Crippen LogP contribution in [0, 0.1) is 0 Å². The van der Waals surface area contributed by atoms with Crippen molar-refractivity contribution in [3.63, 3.8) is 0 Å². The van der Waals surface area contributed by atoms with Crippen LogP contribution in [0.5, 0.6) is 0 Å². The zero-order valence-corrected chi connectivity index (χ0v) is 21.3. The number of aromatic nitrogens is 4. The number of anilines is 1. The second-order valence-corrected chi connectivity index (χ2v) is 11.0. The van der Waals surface area contributed by atoms with Crippen LogP contribution in [-0.2, 0) is 24.9 Å². The molecule has 2 amide bonds. The van der Waals surface area contributed by atoms with Crippen LogP contribution in [0.3, 0.4) is 0 Å². The van der Waals surface area contributed by atoms with Crippen LogP contribution in [0.25, 0.3) is 5.65 Å². The summed E-state index contributed by atoms with van der Waals surface area (Å²) in [5, 5.41) is 8.42. The van der Waals surface area contributed by atoms with E-state index in [1.54, 1.807) is 27.1 Å². The molecule has 8 nitrogen and oxygen atoms in total. The van der Waals surface area contributed by atoms with Crippen LogP contribution in [-0.4, -0.2) is 48.6 Å². The average molecular weight is 531 g/mol. The quantitative estimate of drug-likeness (QED) is 0.407. The molecule has 12 heteroatoms.